The molecule has 1 aliphatic rings. The molecule has 1 fully saturated rings. The molecule has 2 atom stereocenters. The molecule has 5 rings (SSSR count). The van der Waals surface area contributed by atoms with E-state index in [1.165, 1.54) is 27.9 Å². The Morgan fingerprint density at radius 2 is 1.60 bits per heavy atom. The van der Waals surface area contributed by atoms with Gasteiger partial charge in [0, 0.05) is 33.5 Å². The zero-order valence-corrected chi connectivity index (χ0v) is 29.2. The van der Waals surface area contributed by atoms with Crippen LogP contribution < -0.4 is 5.32 Å². The van der Waals surface area contributed by atoms with E-state index in [2.05, 4.69) is 53.1 Å². The van der Waals surface area contributed by atoms with E-state index in [-0.39, 0.29) is 24.0 Å². The van der Waals surface area contributed by atoms with Gasteiger partial charge in [-0.2, -0.15) is 0 Å². The molecule has 4 aromatic rings. The van der Waals surface area contributed by atoms with Crippen LogP contribution in [0.5, 0.6) is 5.75 Å². The predicted molar refractivity (Wildman–Crippen MR) is 188 cm³/mol. The third-order valence-electron chi connectivity index (χ3n) is 7.74. The van der Waals surface area contributed by atoms with Crippen LogP contribution in [0.25, 0.3) is 11.0 Å². The van der Waals surface area contributed by atoms with E-state index < -0.39 is 12.2 Å². The van der Waals surface area contributed by atoms with Gasteiger partial charge in [0.2, 0.25) is 12.3 Å². The van der Waals surface area contributed by atoms with E-state index >= 15 is 0 Å². The Balaban J connectivity index is 0.000000275. The molecule has 3 aromatic carbocycles. The standard InChI is InChI=1S/C17H23N3O4.C10H12N2.C8H11N.C2H6/c1-4-16-19(11-21)18(3)10-17(24)20(16)15(12(2)22)9-13-5-7-14(23)8-6-13;1-3-10-11-8-6-4-5-7-9(8)12(10)2;1-9-7-8-5-3-2-4-6-8;1-2/h5-8,11,15-16,23H,4,9-10H2,1-3H3;4-7H,3H2,1-2H3;2-6,9H,7H2,1H3;1-2H3/t15-,16?;;;/m0.../s1. The highest BCUT2D eigenvalue weighted by Crippen LogP contribution is 2.23. The summed E-state index contributed by atoms with van der Waals surface area (Å²) in [6.07, 6.45) is 2.05. The first-order valence-corrected chi connectivity index (χ1v) is 16.3. The SMILES string of the molecule is CC.CCC1N([C@@H](Cc2ccc(O)cc2)C(C)=O)C(=O)CN(C)N1C=O.CCc1nc2ccccc2n1C.CNCc1ccccc1. The number of hydrogen-bond acceptors (Lipinski definition) is 7. The molecule has 0 bridgehead atoms. The van der Waals surface area contributed by atoms with Gasteiger partial charge in [-0.25, -0.2) is 9.99 Å². The number of carbonyl (C=O) groups is 3. The number of likely N-dealkylation sites (N-methyl/N-ethyl adjacent to an activating group) is 1. The van der Waals surface area contributed by atoms with E-state index in [1.54, 1.807) is 36.3 Å². The quantitative estimate of drug-likeness (QED) is 0.237. The number of nitrogens with one attached hydrogen (secondary N) is 1. The molecule has 1 saturated heterocycles. The number of aromatic hydroxyl groups is 1. The fourth-order valence-electron chi connectivity index (χ4n) is 5.40. The molecule has 2 N–H and O–H groups in total. The van der Waals surface area contributed by atoms with Crippen molar-refractivity contribution in [1.82, 2.24) is 29.8 Å². The summed E-state index contributed by atoms with van der Waals surface area (Å²) < 4.78 is 2.15. The summed E-state index contributed by atoms with van der Waals surface area (Å²) in [6.45, 7) is 10.5. The van der Waals surface area contributed by atoms with Crippen LogP contribution in [0.2, 0.25) is 0 Å². The lowest BCUT2D eigenvalue weighted by Gasteiger charge is -2.48. The first-order valence-electron chi connectivity index (χ1n) is 16.3. The number of Topliss-reactive ketones (excluding diaryl/α,β-unsaturated/α-hetero) is 1. The maximum Gasteiger partial charge on any atom is 0.240 e. The van der Waals surface area contributed by atoms with Crippen molar-refractivity contribution < 1.29 is 19.5 Å². The molecule has 10 heteroatoms. The van der Waals surface area contributed by atoms with Crippen LogP contribution in [0.4, 0.5) is 0 Å². The lowest BCUT2D eigenvalue weighted by molar-refractivity contribution is -0.183. The number of para-hydroxylation sites is 2. The van der Waals surface area contributed by atoms with Gasteiger partial charge in [-0.1, -0.05) is 82.3 Å². The summed E-state index contributed by atoms with van der Waals surface area (Å²) in [6, 6.07) is 24.5. The van der Waals surface area contributed by atoms with Crippen molar-refractivity contribution in [2.45, 2.75) is 72.6 Å². The Morgan fingerprint density at radius 3 is 2.13 bits per heavy atom. The number of phenolic OH excluding ortho intramolecular Hbond substituents is 1. The lowest BCUT2D eigenvalue weighted by Crippen LogP contribution is -2.67. The van der Waals surface area contributed by atoms with Crippen molar-refractivity contribution in [2.75, 3.05) is 20.6 Å². The summed E-state index contributed by atoms with van der Waals surface area (Å²) in [7, 11) is 5.69. The zero-order valence-electron chi connectivity index (χ0n) is 29.2. The molecular weight excluding hydrogens is 592 g/mol. The van der Waals surface area contributed by atoms with Crippen molar-refractivity contribution in [1.29, 1.82) is 0 Å². The number of imidazole rings is 1. The molecule has 2 heterocycles. The molecule has 0 saturated carbocycles. The molecule has 1 aliphatic heterocycles. The molecule has 0 radical (unpaired) electrons. The second-order valence-electron chi connectivity index (χ2n) is 10.9. The average Bonchev–Trinajstić information content (AvgIpc) is 3.42. The van der Waals surface area contributed by atoms with Gasteiger partial charge in [0.1, 0.15) is 17.7 Å². The number of benzene rings is 3. The first kappa shape index (κ1) is 38.6. The summed E-state index contributed by atoms with van der Waals surface area (Å²) in [5.41, 5.74) is 4.48. The van der Waals surface area contributed by atoms with Gasteiger partial charge in [-0.05, 0) is 55.8 Å². The topological polar surface area (TPSA) is 111 Å². The Bertz CT molecular complexity index is 1520. The maximum atomic E-state index is 12.6. The molecule has 2 amide bonds. The van der Waals surface area contributed by atoms with Crippen molar-refractivity contribution in [2.24, 2.45) is 7.05 Å². The Morgan fingerprint density at radius 1 is 0.979 bits per heavy atom. The van der Waals surface area contributed by atoms with Crippen LogP contribution in [0.1, 0.15) is 58.0 Å². The number of phenols is 1. The number of aryl methyl sites for hydroxylation is 2. The molecule has 0 aliphatic carbocycles. The highest BCUT2D eigenvalue weighted by molar-refractivity contribution is 5.89. The fraction of sp³-hybridized carbons (Fsp3) is 0.405. The van der Waals surface area contributed by atoms with Gasteiger partial charge in [0.15, 0.2) is 5.78 Å². The number of carbonyl (C=O) groups excluding carboxylic acids is 3. The lowest BCUT2D eigenvalue weighted by atomic mass is 9.99. The second kappa shape index (κ2) is 19.9. The number of aromatic nitrogens is 2. The van der Waals surface area contributed by atoms with Crippen LogP contribution in [-0.2, 0) is 40.8 Å². The van der Waals surface area contributed by atoms with E-state index in [0.29, 0.717) is 19.3 Å². The van der Waals surface area contributed by atoms with E-state index in [1.807, 2.05) is 58.2 Å². The number of hydrazine groups is 1. The van der Waals surface area contributed by atoms with Crippen LogP contribution in [0.3, 0.4) is 0 Å². The molecule has 10 nitrogen and oxygen atoms in total. The van der Waals surface area contributed by atoms with Crippen molar-refractivity contribution in [3.63, 3.8) is 0 Å². The van der Waals surface area contributed by atoms with Crippen molar-refractivity contribution >= 4 is 29.1 Å². The minimum absolute atomic E-state index is 0.0502. The van der Waals surface area contributed by atoms with Gasteiger partial charge >= 0.3 is 0 Å². The smallest absolute Gasteiger partial charge is 0.240 e. The van der Waals surface area contributed by atoms with E-state index in [9.17, 15) is 19.5 Å². The average molecular weight is 645 g/mol. The van der Waals surface area contributed by atoms with Crippen LogP contribution in [0, 0.1) is 0 Å². The molecule has 1 unspecified atom stereocenters. The number of amides is 2. The number of hydrogen-bond donors (Lipinski definition) is 2. The van der Waals surface area contributed by atoms with Gasteiger partial charge in [0.05, 0.1) is 23.6 Å². The predicted octanol–water partition coefficient (Wildman–Crippen LogP) is 5.34. The highest BCUT2D eigenvalue weighted by atomic mass is 16.3. The second-order valence-corrected chi connectivity index (χ2v) is 10.9. The molecule has 0 spiro atoms. The summed E-state index contributed by atoms with van der Waals surface area (Å²) in [4.78, 5) is 42.2. The van der Waals surface area contributed by atoms with E-state index in [0.717, 1.165) is 29.9 Å². The number of rotatable bonds is 9. The minimum atomic E-state index is -0.650. The number of ketones is 1. The normalized spacial score (nSPS) is 15.0. The van der Waals surface area contributed by atoms with Crippen molar-refractivity contribution in [3.05, 3.63) is 95.8 Å². The molecular formula is C37H52N6O4. The van der Waals surface area contributed by atoms with Gasteiger partial charge in [-0.15, -0.1) is 0 Å². The molecule has 47 heavy (non-hydrogen) atoms. The van der Waals surface area contributed by atoms with Crippen molar-refractivity contribution in [3.8, 4) is 5.75 Å². The monoisotopic (exact) mass is 644 g/mol. The largest absolute Gasteiger partial charge is 0.508 e. The van der Waals surface area contributed by atoms with E-state index in [4.69, 9.17) is 0 Å². The van der Waals surface area contributed by atoms with Crippen LogP contribution in [-0.4, -0.2) is 80.5 Å². The summed E-state index contributed by atoms with van der Waals surface area (Å²) in [5.74, 6) is 0.982. The molecule has 1 aromatic heterocycles. The number of nitrogens with zero attached hydrogens (tertiary/aromatic N) is 5. The third-order valence-corrected chi connectivity index (χ3v) is 7.74. The Labute approximate surface area is 280 Å². The molecule has 254 valence electrons. The first-order chi connectivity index (χ1) is 22.6. The van der Waals surface area contributed by atoms with Crippen LogP contribution >= 0.6 is 0 Å². The Hall–Kier alpha value is -4.54. The minimum Gasteiger partial charge on any atom is -0.508 e. The maximum absolute atomic E-state index is 12.6. The Kier molecular flexibility index (Phi) is 16.3. The van der Waals surface area contributed by atoms with Gasteiger partial charge in [0.25, 0.3) is 0 Å². The fourth-order valence-corrected chi connectivity index (χ4v) is 5.40. The highest BCUT2D eigenvalue weighted by Gasteiger charge is 2.41. The third kappa shape index (κ3) is 10.8. The summed E-state index contributed by atoms with van der Waals surface area (Å²) in [5, 5.41) is 15.5. The van der Waals surface area contributed by atoms with Gasteiger partial charge < -0.3 is 19.9 Å². The van der Waals surface area contributed by atoms with Crippen LogP contribution in [0.15, 0.2) is 78.9 Å². The van der Waals surface area contributed by atoms with Gasteiger partial charge in [-0.3, -0.25) is 19.4 Å². The number of fused-ring (bicyclic) bond motifs is 1. The zero-order chi connectivity index (χ0) is 34.9. The summed E-state index contributed by atoms with van der Waals surface area (Å²) >= 11 is 0.